The number of carbonyl (C=O) groups is 1. The lowest BCUT2D eigenvalue weighted by Gasteiger charge is -2.12. The minimum atomic E-state index is -1.30. The maximum absolute atomic E-state index is 12.3. The van der Waals surface area contributed by atoms with Gasteiger partial charge in [-0.2, -0.15) is 0 Å². The molecule has 1 amide bonds. The first-order valence-electron chi connectivity index (χ1n) is 6.54. The Morgan fingerprint density at radius 2 is 1.90 bits per heavy atom. The number of para-hydroxylation sites is 1. The third-order valence-electron chi connectivity index (χ3n) is 3.00. The standard InChI is InChI=1S/C16H16ClNO2S/c1-12(16(19)18-15-8-3-2-4-9-15)21(20)11-13-6-5-7-14(17)10-13/h2-10,12H,11H2,1H3,(H,18,19)/t12-,21+/m0/s1. The normalized spacial score (nSPS) is 13.4. The molecule has 0 heterocycles. The van der Waals surface area contributed by atoms with Crippen LogP contribution in [0.5, 0.6) is 0 Å². The van der Waals surface area contributed by atoms with Gasteiger partial charge in [0.1, 0.15) is 5.25 Å². The van der Waals surface area contributed by atoms with Crippen LogP contribution in [0.2, 0.25) is 5.02 Å². The molecule has 0 aliphatic heterocycles. The summed E-state index contributed by atoms with van der Waals surface area (Å²) in [5.41, 5.74) is 1.56. The summed E-state index contributed by atoms with van der Waals surface area (Å²) in [4.78, 5) is 12.1. The number of carbonyl (C=O) groups excluding carboxylic acids is 1. The number of hydrogen-bond acceptors (Lipinski definition) is 2. The van der Waals surface area contributed by atoms with Crippen molar-refractivity contribution in [2.45, 2.75) is 17.9 Å². The lowest BCUT2D eigenvalue weighted by atomic mass is 10.2. The van der Waals surface area contributed by atoms with Crippen molar-refractivity contribution in [3.05, 3.63) is 65.2 Å². The second kappa shape index (κ2) is 7.38. The number of amides is 1. The van der Waals surface area contributed by atoms with E-state index < -0.39 is 16.0 Å². The van der Waals surface area contributed by atoms with Crippen LogP contribution in [0.1, 0.15) is 12.5 Å². The van der Waals surface area contributed by atoms with Crippen molar-refractivity contribution in [3.8, 4) is 0 Å². The molecule has 2 aromatic carbocycles. The Balaban J connectivity index is 1.97. The van der Waals surface area contributed by atoms with Gasteiger partial charge in [0.05, 0.1) is 0 Å². The molecule has 110 valence electrons. The summed E-state index contributed by atoms with van der Waals surface area (Å²) in [6, 6.07) is 16.3. The highest BCUT2D eigenvalue weighted by Gasteiger charge is 2.20. The Labute approximate surface area is 131 Å². The first-order chi connectivity index (χ1) is 10.1. The fourth-order valence-corrected chi connectivity index (χ4v) is 3.07. The van der Waals surface area contributed by atoms with Gasteiger partial charge in [-0.3, -0.25) is 9.00 Å². The molecule has 0 aromatic heterocycles. The van der Waals surface area contributed by atoms with Crippen molar-refractivity contribution in [3.63, 3.8) is 0 Å². The molecular formula is C16H16ClNO2S. The van der Waals surface area contributed by atoms with E-state index in [1.54, 1.807) is 31.2 Å². The summed E-state index contributed by atoms with van der Waals surface area (Å²) in [5.74, 6) is 0.0609. The van der Waals surface area contributed by atoms with Gasteiger partial charge in [0, 0.05) is 27.3 Å². The van der Waals surface area contributed by atoms with Crippen LogP contribution in [0.3, 0.4) is 0 Å². The maximum atomic E-state index is 12.3. The van der Waals surface area contributed by atoms with E-state index in [9.17, 15) is 9.00 Å². The molecule has 1 N–H and O–H groups in total. The van der Waals surface area contributed by atoms with Crippen LogP contribution in [0.25, 0.3) is 0 Å². The van der Waals surface area contributed by atoms with E-state index in [1.165, 1.54) is 0 Å². The summed E-state index contributed by atoms with van der Waals surface area (Å²) < 4.78 is 12.3. The second-order valence-electron chi connectivity index (χ2n) is 4.65. The van der Waals surface area contributed by atoms with Gasteiger partial charge in [0.15, 0.2) is 0 Å². The van der Waals surface area contributed by atoms with Crippen LogP contribution in [0, 0.1) is 0 Å². The average molecular weight is 322 g/mol. The highest BCUT2D eigenvalue weighted by molar-refractivity contribution is 7.85. The van der Waals surface area contributed by atoms with E-state index in [0.29, 0.717) is 16.5 Å². The first kappa shape index (κ1) is 15.7. The number of anilines is 1. The summed E-state index contributed by atoms with van der Waals surface area (Å²) in [5, 5.41) is 2.77. The van der Waals surface area contributed by atoms with E-state index in [0.717, 1.165) is 5.56 Å². The van der Waals surface area contributed by atoms with Crippen LogP contribution in [0.4, 0.5) is 5.69 Å². The molecular weight excluding hydrogens is 306 g/mol. The van der Waals surface area contributed by atoms with E-state index in [-0.39, 0.29) is 5.91 Å². The Hall–Kier alpha value is -1.65. The average Bonchev–Trinajstić information content (AvgIpc) is 2.47. The van der Waals surface area contributed by atoms with E-state index in [1.807, 2.05) is 30.3 Å². The van der Waals surface area contributed by atoms with Gasteiger partial charge in [0.2, 0.25) is 5.91 Å². The van der Waals surface area contributed by atoms with Crippen LogP contribution < -0.4 is 5.32 Å². The molecule has 2 aromatic rings. The molecule has 5 heteroatoms. The Kier molecular flexibility index (Phi) is 5.53. The number of hydrogen-bond donors (Lipinski definition) is 1. The molecule has 0 saturated carbocycles. The summed E-state index contributed by atoms with van der Waals surface area (Å²) in [6.45, 7) is 1.67. The first-order valence-corrected chi connectivity index (χ1v) is 8.30. The minimum absolute atomic E-state index is 0.249. The third kappa shape index (κ3) is 4.69. The molecule has 0 fully saturated rings. The van der Waals surface area contributed by atoms with Crippen molar-refractivity contribution in [2.75, 3.05) is 5.32 Å². The lowest BCUT2D eigenvalue weighted by Crippen LogP contribution is -2.29. The molecule has 0 aliphatic carbocycles. The smallest absolute Gasteiger partial charge is 0.239 e. The van der Waals surface area contributed by atoms with Crippen molar-refractivity contribution in [2.24, 2.45) is 0 Å². The van der Waals surface area contributed by atoms with Crippen LogP contribution >= 0.6 is 11.6 Å². The molecule has 2 atom stereocenters. The fraction of sp³-hybridized carbons (Fsp3) is 0.188. The third-order valence-corrected chi connectivity index (χ3v) is 4.86. The van der Waals surface area contributed by atoms with Crippen molar-refractivity contribution < 1.29 is 9.00 Å². The van der Waals surface area contributed by atoms with Gasteiger partial charge < -0.3 is 5.32 Å². The zero-order valence-electron chi connectivity index (χ0n) is 11.6. The highest BCUT2D eigenvalue weighted by atomic mass is 35.5. The Morgan fingerprint density at radius 3 is 2.57 bits per heavy atom. The summed E-state index contributed by atoms with van der Waals surface area (Å²) in [7, 11) is -1.30. The van der Waals surface area contributed by atoms with Gasteiger partial charge in [-0.15, -0.1) is 0 Å². The molecule has 0 saturated heterocycles. The van der Waals surface area contributed by atoms with Crippen LogP contribution in [0.15, 0.2) is 54.6 Å². The maximum Gasteiger partial charge on any atom is 0.239 e. The predicted octanol–water partition coefficient (Wildman–Crippen LogP) is 3.62. The summed E-state index contributed by atoms with van der Waals surface area (Å²) >= 11 is 5.90. The predicted molar refractivity (Wildman–Crippen MR) is 87.8 cm³/mol. The van der Waals surface area contributed by atoms with Crippen molar-refractivity contribution >= 4 is 34.0 Å². The molecule has 0 bridgehead atoms. The van der Waals surface area contributed by atoms with Crippen molar-refractivity contribution in [1.82, 2.24) is 0 Å². The SMILES string of the molecule is C[C@@H](C(=O)Nc1ccccc1)[S@](=O)Cc1cccc(Cl)c1. The van der Waals surface area contributed by atoms with Crippen LogP contribution in [-0.4, -0.2) is 15.4 Å². The molecule has 0 aliphatic rings. The Morgan fingerprint density at radius 1 is 1.19 bits per heavy atom. The Bertz CT molecular complexity index is 646. The molecule has 0 radical (unpaired) electrons. The molecule has 21 heavy (non-hydrogen) atoms. The largest absolute Gasteiger partial charge is 0.325 e. The molecule has 0 spiro atoms. The van der Waals surface area contributed by atoms with Crippen molar-refractivity contribution in [1.29, 1.82) is 0 Å². The monoisotopic (exact) mass is 321 g/mol. The van der Waals surface area contributed by atoms with Gasteiger partial charge in [-0.05, 0) is 36.8 Å². The molecule has 3 nitrogen and oxygen atoms in total. The van der Waals surface area contributed by atoms with Gasteiger partial charge in [0.25, 0.3) is 0 Å². The van der Waals surface area contributed by atoms with E-state index in [2.05, 4.69) is 5.32 Å². The number of benzene rings is 2. The second-order valence-corrected chi connectivity index (χ2v) is 6.85. The number of rotatable bonds is 5. The van der Waals surface area contributed by atoms with Gasteiger partial charge >= 0.3 is 0 Å². The van der Waals surface area contributed by atoms with E-state index in [4.69, 9.17) is 11.6 Å². The summed E-state index contributed by atoms with van der Waals surface area (Å²) in [6.07, 6.45) is 0. The number of nitrogens with one attached hydrogen (secondary N) is 1. The molecule has 2 rings (SSSR count). The minimum Gasteiger partial charge on any atom is -0.325 e. The van der Waals surface area contributed by atoms with Crippen LogP contribution in [-0.2, 0) is 21.3 Å². The zero-order chi connectivity index (χ0) is 15.2. The fourth-order valence-electron chi connectivity index (χ4n) is 1.80. The van der Waals surface area contributed by atoms with Gasteiger partial charge in [-0.1, -0.05) is 41.9 Å². The quantitative estimate of drug-likeness (QED) is 0.914. The van der Waals surface area contributed by atoms with Gasteiger partial charge in [-0.25, -0.2) is 0 Å². The zero-order valence-corrected chi connectivity index (χ0v) is 13.2. The number of halogens is 1. The lowest BCUT2D eigenvalue weighted by molar-refractivity contribution is -0.115. The highest BCUT2D eigenvalue weighted by Crippen LogP contribution is 2.14. The topological polar surface area (TPSA) is 46.2 Å². The van der Waals surface area contributed by atoms with E-state index >= 15 is 0 Å². The molecule has 0 unspecified atom stereocenters.